The minimum atomic E-state index is -0.151. The molecule has 7 nitrogen and oxygen atoms in total. The van der Waals surface area contributed by atoms with Crippen molar-refractivity contribution in [3.05, 3.63) is 17.7 Å². The molecule has 2 aliphatic heterocycles. The molecule has 28 heavy (non-hydrogen) atoms. The monoisotopic (exact) mass is 388 g/mol. The topological polar surface area (TPSA) is 77.1 Å². The molecule has 1 saturated heterocycles. The first kappa shape index (κ1) is 18.9. The van der Waals surface area contributed by atoms with Crippen molar-refractivity contribution >= 4 is 11.8 Å². The van der Waals surface area contributed by atoms with E-state index in [-0.39, 0.29) is 17.7 Å². The van der Waals surface area contributed by atoms with Gasteiger partial charge in [-0.2, -0.15) is 0 Å². The van der Waals surface area contributed by atoms with Crippen molar-refractivity contribution in [2.75, 3.05) is 26.9 Å². The highest BCUT2D eigenvalue weighted by Gasteiger charge is 2.35. The quantitative estimate of drug-likeness (QED) is 0.837. The summed E-state index contributed by atoms with van der Waals surface area (Å²) in [6.07, 6.45) is 5.56. The second kappa shape index (κ2) is 8.29. The van der Waals surface area contributed by atoms with Gasteiger partial charge in [0, 0.05) is 37.2 Å². The summed E-state index contributed by atoms with van der Waals surface area (Å²) >= 11 is 0. The Labute approximate surface area is 165 Å². The van der Waals surface area contributed by atoms with E-state index in [2.05, 4.69) is 5.32 Å². The Morgan fingerprint density at radius 1 is 1.18 bits per heavy atom. The number of hydrogen-bond donors (Lipinski definition) is 1. The number of amides is 2. The summed E-state index contributed by atoms with van der Waals surface area (Å²) in [7, 11) is 1.60. The van der Waals surface area contributed by atoms with Gasteiger partial charge in [0.25, 0.3) is 0 Å². The van der Waals surface area contributed by atoms with E-state index in [1.165, 1.54) is 12.8 Å². The molecular formula is C21H28N2O5. The molecule has 1 aromatic carbocycles. The highest BCUT2D eigenvalue weighted by Crippen LogP contribution is 2.36. The Kier molecular flexibility index (Phi) is 5.59. The molecule has 0 radical (unpaired) electrons. The average Bonchev–Trinajstić information content (AvgIpc) is 3.26. The highest BCUT2D eigenvalue weighted by molar-refractivity contribution is 5.84. The number of carbonyl (C=O) groups excluding carboxylic acids is 2. The lowest BCUT2D eigenvalue weighted by Gasteiger charge is -2.36. The van der Waals surface area contributed by atoms with Crippen molar-refractivity contribution in [2.24, 2.45) is 5.92 Å². The lowest BCUT2D eigenvalue weighted by Crippen LogP contribution is -2.49. The lowest BCUT2D eigenvalue weighted by molar-refractivity contribution is -0.140. The van der Waals surface area contributed by atoms with Gasteiger partial charge in [-0.15, -0.1) is 0 Å². The van der Waals surface area contributed by atoms with Gasteiger partial charge in [0.2, 0.25) is 11.8 Å². The number of benzene rings is 1. The van der Waals surface area contributed by atoms with Gasteiger partial charge in [-0.1, -0.05) is 12.8 Å². The van der Waals surface area contributed by atoms with Crippen molar-refractivity contribution in [1.82, 2.24) is 10.2 Å². The van der Waals surface area contributed by atoms with Crippen molar-refractivity contribution < 1.29 is 23.8 Å². The number of piperidine rings is 1. The summed E-state index contributed by atoms with van der Waals surface area (Å²) in [4.78, 5) is 27.0. The summed E-state index contributed by atoms with van der Waals surface area (Å²) < 4.78 is 16.7. The second-order valence-electron chi connectivity index (χ2n) is 7.75. The molecule has 7 heteroatoms. The Bertz CT molecular complexity index is 745. The summed E-state index contributed by atoms with van der Waals surface area (Å²) in [5.74, 6) is 2.04. The van der Waals surface area contributed by atoms with E-state index >= 15 is 0 Å². The van der Waals surface area contributed by atoms with Crippen LogP contribution in [0.2, 0.25) is 0 Å². The molecule has 0 bridgehead atoms. The SMILES string of the molecule is COc1cc2c(cc1CNC(=O)[C@@H]1CCC(=O)N(C3CCCC3)C1)OCCO2. The van der Waals surface area contributed by atoms with E-state index in [9.17, 15) is 9.59 Å². The van der Waals surface area contributed by atoms with Crippen LogP contribution in [0.25, 0.3) is 0 Å². The molecular weight excluding hydrogens is 360 g/mol. The molecule has 3 aliphatic rings. The maximum Gasteiger partial charge on any atom is 0.225 e. The molecule has 2 heterocycles. The number of rotatable bonds is 5. The number of nitrogens with zero attached hydrogens (tertiary/aromatic N) is 1. The third-order valence-corrected chi connectivity index (χ3v) is 5.98. The molecule has 0 aromatic heterocycles. The largest absolute Gasteiger partial charge is 0.496 e. The Hall–Kier alpha value is -2.44. The zero-order valence-electron chi connectivity index (χ0n) is 16.4. The van der Waals surface area contributed by atoms with Crippen LogP contribution in [0.3, 0.4) is 0 Å². The Morgan fingerprint density at radius 3 is 2.61 bits per heavy atom. The van der Waals surface area contributed by atoms with Crippen molar-refractivity contribution in [1.29, 1.82) is 0 Å². The van der Waals surface area contributed by atoms with Crippen molar-refractivity contribution in [3.63, 3.8) is 0 Å². The molecule has 152 valence electrons. The fourth-order valence-corrected chi connectivity index (χ4v) is 4.42. The van der Waals surface area contributed by atoms with E-state index in [1.807, 2.05) is 11.0 Å². The first-order valence-corrected chi connectivity index (χ1v) is 10.2. The van der Waals surface area contributed by atoms with Crippen LogP contribution in [0.4, 0.5) is 0 Å². The maximum absolute atomic E-state index is 12.8. The molecule has 1 aliphatic carbocycles. The third kappa shape index (κ3) is 3.88. The van der Waals surface area contributed by atoms with Gasteiger partial charge in [0.1, 0.15) is 19.0 Å². The zero-order chi connectivity index (χ0) is 19.5. The molecule has 2 fully saturated rings. The predicted molar refractivity (Wildman–Crippen MR) is 103 cm³/mol. The van der Waals surface area contributed by atoms with E-state index < -0.39 is 0 Å². The fraction of sp³-hybridized carbons (Fsp3) is 0.619. The molecule has 2 amide bonds. The fourth-order valence-electron chi connectivity index (χ4n) is 4.42. The average molecular weight is 388 g/mol. The van der Waals surface area contributed by atoms with E-state index in [0.29, 0.717) is 62.4 Å². The molecule has 1 atom stereocenters. The Balaban J connectivity index is 1.39. The van der Waals surface area contributed by atoms with Gasteiger partial charge in [-0.3, -0.25) is 9.59 Å². The molecule has 1 N–H and O–H groups in total. The van der Waals surface area contributed by atoms with Gasteiger partial charge in [0.15, 0.2) is 11.5 Å². The van der Waals surface area contributed by atoms with Gasteiger partial charge in [-0.05, 0) is 25.3 Å². The van der Waals surface area contributed by atoms with E-state index in [4.69, 9.17) is 14.2 Å². The summed E-state index contributed by atoms with van der Waals surface area (Å²) in [6, 6.07) is 3.99. The van der Waals surface area contributed by atoms with Gasteiger partial charge in [0.05, 0.1) is 13.0 Å². The minimum Gasteiger partial charge on any atom is -0.496 e. The summed E-state index contributed by atoms with van der Waals surface area (Å²) in [6.45, 7) is 1.92. The highest BCUT2D eigenvalue weighted by atomic mass is 16.6. The number of nitrogens with one attached hydrogen (secondary N) is 1. The number of likely N-dealkylation sites (tertiary alicyclic amines) is 1. The third-order valence-electron chi connectivity index (χ3n) is 5.98. The van der Waals surface area contributed by atoms with Crippen LogP contribution in [0.1, 0.15) is 44.1 Å². The maximum atomic E-state index is 12.8. The van der Waals surface area contributed by atoms with Gasteiger partial charge >= 0.3 is 0 Å². The smallest absolute Gasteiger partial charge is 0.225 e. The van der Waals surface area contributed by atoms with Crippen LogP contribution in [0, 0.1) is 5.92 Å². The predicted octanol–water partition coefficient (Wildman–Crippen LogP) is 2.26. The van der Waals surface area contributed by atoms with Crippen molar-refractivity contribution in [3.8, 4) is 17.2 Å². The molecule has 4 rings (SSSR count). The zero-order valence-corrected chi connectivity index (χ0v) is 16.4. The Morgan fingerprint density at radius 2 is 1.89 bits per heavy atom. The van der Waals surface area contributed by atoms with Gasteiger partial charge < -0.3 is 24.4 Å². The summed E-state index contributed by atoms with van der Waals surface area (Å²) in [5.41, 5.74) is 0.847. The van der Waals surface area contributed by atoms with Crippen LogP contribution < -0.4 is 19.5 Å². The lowest BCUT2D eigenvalue weighted by atomic mass is 9.94. The van der Waals surface area contributed by atoms with Crippen molar-refractivity contribution in [2.45, 2.75) is 51.1 Å². The first-order valence-electron chi connectivity index (χ1n) is 10.2. The second-order valence-corrected chi connectivity index (χ2v) is 7.75. The normalized spacial score (nSPS) is 22.2. The van der Waals surface area contributed by atoms with Gasteiger partial charge in [-0.25, -0.2) is 0 Å². The van der Waals surface area contributed by atoms with Crippen LogP contribution >= 0.6 is 0 Å². The van der Waals surface area contributed by atoms with Crippen LogP contribution in [0.15, 0.2) is 12.1 Å². The number of methoxy groups -OCH3 is 1. The van der Waals surface area contributed by atoms with Crippen LogP contribution in [0.5, 0.6) is 17.2 Å². The number of carbonyl (C=O) groups is 2. The van der Waals surface area contributed by atoms with E-state index in [1.54, 1.807) is 13.2 Å². The first-order chi connectivity index (χ1) is 13.7. The number of ether oxygens (including phenoxy) is 3. The molecule has 0 unspecified atom stereocenters. The number of hydrogen-bond acceptors (Lipinski definition) is 5. The minimum absolute atomic E-state index is 0.00700. The van der Waals surface area contributed by atoms with Crippen LogP contribution in [-0.4, -0.2) is 49.6 Å². The molecule has 1 aromatic rings. The van der Waals surface area contributed by atoms with Crippen LogP contribution in [-0.2, 0) is 16.1 Å². The van der Waals surface area contributed by atoms with E-state index in [0.717, 1.165) is 18.4 Å². The number of fused-ring (bicyclic) bond motifs is 1. The molecule has 1 saturated carbocycles. The summed E-state index contributed by atoms with van der Waals surface area (Å²) in [5, 5.41) is 3.02. The standard InChI is InChI=1S/C21H28N2O5/c1-26-17-11-19-18(27-8-9-28-19)10-15(17)12-22-21(25)14-6-7-20(24)23(13-14)16-4-2-3-5-16/h10-11,14,16H,2-9,12-13H2,1H3,(H,22,25)/t14-/m1/s1. The molecule has 0 spiro atoms.